The van der Waals surface area contributed by atoms with E-state index in [4.69, 9.17) is 5.73 Å². The number of anilines is 2. The Balaban J connectivity index is 1.51. The van der Waals surface area contributed by atoms with Crippen LogP contribution in [0, 0.1) is 0 Å². The number of nitrogens with zero attached hydrogens (tertiary/aromatic N) is 1. The van der Waals surface area contributed by atoms with Crippen molar-refractivity contribution < 1.29 is 4.79 Å². The van der Waals surface area contributed by atoms with Crippen LogP contribution >= 0.6 is 0 Å². The van der Waals surface area contributed by atoms with Crippen LogP contribution in [0.1, 0.15) is 44.4 Å². The lowest BCUT2D eigenvalue weighted by Crippen LogP contribution is -2.30. The van der Waals surface area contributed by atoms with Crippen molar-refractivity contribution in [3.8, 4) is 11.3 Å². The molecule has 2 amide bonds. The lowest BCUT2D eigenvalue weighted by molar-refractivity contribution is 0.252. The fraction of sp³-hybridized carbons (Fsp3) is 0.276. The van der Waals surface area contributed by atoms with Gasteiger partial charge in [-0.3, -0.25) is 0 Å². The molecule has 0 saturated heterocycles. The normalized spacial score (nSPS) is 11.2. The van der Waals surface area contributed by atoms with Gasteiger partial charge in [-0.05, 0) is 56.0 Å². The van der Waals surface area contributed by atoms with Gasteiger partial charge in [0.1, 0.15) is 0 Å². The molecule has 1 aromatic heterocycles. The van der Waals surface area contributed by atoms with E-state index in [1.54, 1.807) is 0 Å². The number of rotatable bonds is 8. The lowest BCUT2D eigenvalue weighted by Gasteiger charge is -2.16. The fourth-order valence-corrected chi connectivity index (χ4v) is 4.51. The number of benzene rings is 3. The van der Waals surface area contributed by atoms with E-state index in [2.05, 4.69) is 66.3 Å². The number of nitrogens with two attached hydrogens (primary N) is 1. The van der Waals surface area contributed by atoms with E-state index in [1.807, 2.05) is 42.5 Å². The molecule has 3 aromatic carbocycles. The van der Waals surface area contributed by atoms with E-state index in [9.17, 15) is 4.79 Å². The van der Waals surface area contributed by atoms with Crippen molar-refractivity contribution in [2.75, 3.05) is 17.6 Å². The molecule has 1 heterocycles. The maximum atomic E-state index is 12.3. The minimum Gasteiger partial charge on any atom is -0.396 e. The van der Waals surface area contributed by atoms with Crippen LogP contribution in [-0.4, -0.2) is 17.1 Å². The molecule has 0 fully saturated rings. The average Bonchev–Trinajstić information content (AvgIpc) is 3.12. The summed E-state index contributed by atoms with van der Waals surface area (Å²) >= 11 is 0. The van der Waals surface area contributed by atoms with Gasteiger partial charge < -0.3 is 20.9 Å². The maximum absolute atomic E-state index is 12.3. The van der Waals surface area contributed by atoms with Crippen LogP contribution in [0.5, 0.6) is 0 Å². The summed E-state index contributed by atoms with van der Waals surface area (Å²) in [5, 5.41) is 6.92. The first-order valence-electron chi connectivity index (χ1n) is 12.1. The number of nitrogens with one attached hydrogen (secondary N) is 2. The summed E-state index contributed by atoms with van der Waals surface area (Å²) in [6.07, 6.45) is 2.97. The summed E-state index contributed by atoms with van der Waals surface area (Å²) < 4.78 is 2.32. The van der Waals surface area contributed by atoms with Crippen molar-refractivity contribution in [1.29, 1.82) is 0 Å². The first-order valence-corrected chi connectivity index (χ1v) is 12.1. The smallest absolute Gasteiger partial charge is 0.319 e. The van der Waals surface area contributed by atoms with Gasteiger partial charge in [0.15, 0.2) is 0 Å². The number of aryl methyl sites for hydroxylation is 1. The van der Waals surface area contributed by atoms with E-state index in [1.165, 1.54) is 16.6 Å². The van der Waals surface area contributed by atoms with Crippen LogP contribution in [0.3, 0.4) is 0 Å². The van der Waals surface area contributed by atoms with Crippen molar-refractivity contribution >= 4 is 28.3 Å². The molecule has 0 bridgehead atoms. The molecule has 5 heteroatoms. The van der Waals surface area contributed by atoms with Gasteiger partial charge >= 0.3 is 6.03 Å². The first-order chi connectivity index (χ1) is 16.5. The first kappa shape index (κ1) is 23.4. The van der Waals surface area contributed by atoms with Gasteiger partial charge in [0.25, 0.3) is 0 Å². The maximum Gasteiger partial charge on any atom is 0.319 e. The highest BCUT2D eigenvalue weighted by molar-refractivity contribution is 6.01. The second-order valence-corrected chi connectivity index (χ2v) is 9.02. The zero-order chi connectivity index (χ0) is 24.1. The Labute approximate surface area is 202 Å². The number of fused-ring (bicyclic) bond motifs is 1. The molecule has 0 aliphatic carbocycles. The molecule has 0 radical (unpaired) electrons. The molecule has 34 heavy (non-hydrogen) atoms. The summed E-state index contributed by atoms with van der Waals surface area (Å²) in [5.41, 5.74) is 14.0. The molecule has 176 valence electrons. The van der Waals surface area contributed by atoms with Crippen molar-refractivity contribution in [2.24, 2.45) is 0 Å². The number of hydrogen-bond donors (Lipinski definition) is 3. The van der Waals surface area contributed by atoms with Crippen molar-refractivity contribution in [3.05, 3.63) is 83.9 Å². The van der Waals surface area contributed by atoms with Crippen LogP contribution < -0.4 is 16.4 Å². The van der Waals surface area contributed by atoms with Gasteiger partial charge in [0, 0.05) is 29.2 Å². The Morgan fingerprint density at radius 3 is 2.35 bits per heavy atom. The van der Waals surface area contributed by atoms with Gasteiger partial charge in [-0.25, -0.2) is 4.79 Å². The van der Waals surface area contributed by atoms with Crippen LogP contribution in [0.25, 0.3) is 22.2 Å². The van der Waals surface area contributed by atoms with E-state index >= 15 is 0 Å². The Hall–Kier alpha value is -3.73. The second kappa shape index (κ2) is 10.5. The Morgan fingerprint density at radius 1 is 0.941 bits per heavy atom. The number of nitrogen functional groups attached to an aromatic ring is 1. The number of amides is 2. The SMILES string of the molecule is CCCc1ccc2c(N)c(-c3ccc(NC(=O)NCCc4ccccc4)cc3)n(C(C)C)c2c1. The van der Waals surface area contributed by atoms with Crippen molar-refractivity contribution in [3.63, 3.8) is 0 Å². The molecule has 0 atom stereocenters. The summed E-state index contributed by atoms with van der Waals surface area (Å²) in [6, 6.07) is 24.7. The molecular formula is C29H34N4O. The third-order valence-corrected chi connectivity index (χ3v) is 6.12. The molecule has 0 spiro atoms. The minimum absolute atomic E-state index is 0.206. The molecule has 4 rings (SSSR count). The van der Waals surface area contributed by atoms with Crippen molar-refractivity contribution in [2.45, 2.75) is 46.1 Å². The standard InChI is InChI=1S/C29H34N4O/c1-4-8-22-11-16-25-26(19-22)33(20(2)3)28(27(25)30)23-12-14-24(15-13-23)32-29(34)31-18-17-21-9-6-5-7-10-21/h5-7,9-16,19-20H,4,8,17-18,30H2,1-3H3,(H2,31,32,34). The van der Waals surface area contributed by atoms with E-state index in [0.717, 1.165) is 47.3 Å². The summed E-state index contributed by atoms with van der Waals surface area (Å²) in [4.78, 5) is 12.3. The van der Waals surface area contributed by atoms with Crippen molar-refractivity contribution in [1.82, 2.24) is 9.88 Å². The number of carbonyl (C=O) groups is 1. The monoisotopic (exact) mass is 454 g/mol. The zero-order valence-corrected chi connectivity index (χ0v) is 20.3. The van der Waals surface area contributed by atoms with Crippen LogP contribution in [0.4, 0.5) is 16.2 Å². The lowest BCUT2D eigenvalue weighted by atomic mass is 10.1. The topological polar surface area (TPSA) is 72.1 Å². The highest BCUT2D eigenvalue weighted by Crippen LogP contribution is 2.39. The molecule has 0 aliphatic heterocycles. The zero-order valence-electron chi connectivity index (χ0n) is 20.3. The Morgan fingerprint density at radius 2 is 1.68 bits per heavy atom. The summed E-state index contributed by atoms with van der Waals surface area (Å²) in [6.45, 7) is 7.15. The highest BCUT2D eigenvalue weighted by Gasteiger charge is 2.19. The summed E-state index contributed by atoms with van der Waals surface area (Å²) in [7, 11) is 0. The van der Waals surface area contributed by atoms with Gasteiger partial charge in [-0.2, -0.15) is 0 Å². The molecule has 0 unspecified atom stereocenters. The van der Waals surface area contributed by atoms with E-state index in [0.29, 0.717) is 6.54 Å². The fourth-order valence-electron chi connectivity index (χ4n) is 4.51. The van der Waals surface area contributed by atoms with E-state index in [-0.39, 0.29) is 12.1 Å². The van der Waals surface area contributed by atoms with Gasteiger partial charge in [0.2, 0.25) is 0 Å². The van der Waals surface area contributed by atoms with Crippen LogP contribution in [-0.2, 0) is 12.8 Å². The molecule has 5 nitrogen and oxygen atoms in total. The van der Waals surface area contributed by atoms with E-state index < -0.39 is 0 Å². The number of carbonyl (C=O) groups excluding carboxylic acids is 1. The predicted molar refractivity (Wildman–Crippen MR) is 143 cm³/mol. The predicted octanol–water partition coefficient (Wildman–Crippen LogP) is 6.79. The summed E-state index contributed by atoms with van der Waals surface area (Å²) in [5.74, 6) is 0. The molecule has 4 aromatic rings. The number of aromatic nitrogens is 1. The molecule has 0 aliphatic rings. The quantitative estimate of drug-likeness (QED) is 0.274. The largest absolute Gasteiger partial charge is 0.396 e. The van der Waals surface area contributed by atoms with Gasteiger partial charge in [-0.1, -0.05) is 67.9 Å². The molecular weight excluding hydrogens is 420 g/mol. The van der Waals surface area contributed by atoms with Crippen LogP contribution in [0.15, 0.2) is 72.8 Å². The number of hydrogen-bond acceptors (Lipinski definition) is 2. The Kier molecular flexibility index (Phi) is 7.21. The Bertz CT molecular complexity index is 1260. The van der Waals surface area contributed by atoms with Crippen LogP contribution in [0.2, 0.25) is 0 Å². The number of urea groups is 1. The molecule has 0 saturated carbocycles. The highest BCUT2D eigenvalue weighted by atomic mass is 16.2. The average molecular weight is 455 g/mol. The third-order valence-electron chi connectivity index (χ3n) is 6.12. The second-order valence-electron chi connectivity index (χ2n) is 9.02. The molecule has 4 N–H and O–H groups in total. The van der Waals surface area contributed by atoms with Gasteiger partial charge in [-0.15, -0.1) is 0 Å². The minimum atomic E-state index is -0.206. The third kappa shape index (κ3) is 5.09. The van der Waals surface area contributed by atoms with Gasteiger partial charge in [0.05, 0.1) is 16.9 Å².